The van der Waals surface area contributed by atoms with E-state index in [1.165, 1.54) is 11.3 Å². The van der Waals surface area contributed by atoms with Gasteiger partial charge < -0.3 is 0 Å². The van der Waals surface area contributed by atoms with Crippen LogP contribution in [0.1, 0.15) is 10.4 Å². The highest BCUT2D eigenvalue weighted by atomic mass is 79.9. The molecule has 0 radical (unpaired) electrons. The van der Waals surface area contributed by atoms with Crippen LogP contribution in [0.5, 0.6) is 0 Å². The summed E-state index contributed by atoms with van der Waals surface area (Å²) >= 11 is 4.78. The molecule has 0 aliphatic heterocycles. The van der Waals surface area contributed by atoms with Gasteiger partial charge in [-0.05, 0) is 34.1 Å². The Morgan fingerprint density at radius 3 is 2.64 bits per heavy atom. The van der Waals surface area contributed by atoms with Gasteiger partial charge in [0, 0.05) is 10.1 Å². The van der Waals surface area contributed by atoms with Gasteiger partial charge in [-0.1, -0.05) is 0 Å². The van der Waals surface area contributed by atoms with Crippen molar-refractivity contribution in [3.05, 3.63) is 33.1 Å². The number of halogens is 1. The number of benzene rings is 1. The van der Waals surface area contributed by atoms with E-state index < -0.39 is 0 Å². The molecular formula is C10H3BrN2S. The molecule has 0 amide bonds. The van der Waals surface area contributed by atoms with Gasteiger partial charge >= 0.3 is 0 Å². The fourth-order valence-electron chi connectivity index (χ4n) is 1.21. The Balaban J connectivity index is 2.84. The summed E-state index contributed by atoms with van der Waals surface area (Å²) < 4.78 is 1.81. The van der Waals surface area contributed by atoms with Crippen molar-refractivity contribution in [3.8, 4) is 12.1 Å². The van der Waals surface area contributed by atoms with Gasteiger partial charge in [0.25, 0.3) is 0 Å². The summed E-state index contributed by atoms with van der Waals surface area (Å²) in [4.78, 5) is 0.648. The summed E-state index contributed by atoms with van der Waals surface area (Å²) in [6, 6.07) is 9.60. The Bertz CT molecular complexity index is 586. The minimum atomic E-state index is 0.612. The first-order valence-electron chi connectivity index (χ1n) is 3.78. The molecule has 4 heteroatoms. The van der Waals surface area contributed by atoms with Gasteiger partial charge in [0.05, 0.1) is 16.1 Å². The number of thiophene rings is 1. The van der Waals surface area contributed by atoms with Crippen molar-refractivity contribution in [2.45, 2.75) is 0 Å². The quantitative estimate of drug-likeness (QED) is 0.731. The van der Waals surface area contributed by atoms with Crippen molar-refractivity contribution >= 4 is 37.4 Å². The largest absolute Gasteiger partial charge is 0.192 e. The third-order valence-corrected chi connectivity index (χ3v) is 4.02. The lowest BCUT2D eigenvalue weighted by Gasteiger charge is -1.90. The maximum Gasteiger partial charge on any atom is 0.120 e. The fourth-order valence-corrected chi connectivity index (χ4v) is 2.87. The van der Waals surface area contributed by atoms with Gasteiger partial charge in [-0.3, -0.25) is 0 Å². The Hall–Kier alpha value is -1.36. The predicted molar refractivity (Wildman–Crippen MR) is 59.0 cm³/mol. The SMILES string of the molecule is N#Cc1ccc2sc(C#N)c(Br)c2c1. The highest BCUT2D eigenvalue weighted by Crippen LogP contribution is 2.35. The fraction of sp³-hybridized carbons (Fsp3) is 0. The molecule has 0 saturated heterocycles. The zero-order valence-electron chi connectivity index (χ0n) is 6.91. The highest BCUT2D eigenvalue weighted by Gasteiger charge is 2.09. The smallest absolute Gasteiger partial charge is 0.120 e. The van der Waals surface area contributed by atoms with Gasteiger partial charge in [0.1, 0.15) is 10.9 Å². The maximum atomic E-state index is 8.81. The molecule has 2 rings (SSSR count). The lowest BCUT2D eigenvalue weighted by Crippen LogP contribution is -1.72. The van der Waals surface area contributed by atoms with E-state index in [1.807, 2.05) is 6.07 Å². The molecule has 0 atom stereocenters. The van der Waals surface area contributed by atoms with Crippen LogP contribution in [-0.4, -0.2) is 0 Å². The highest BCUT2D eigenvalue weighted by molar-refractivity contribution is 9.10. The topological polar surface area (TPSA) is 47.6 Å². The zero-order chi connectivity index (χ0) is 10.1. The van der Waals surface area contributed by atoms with Crippen LogP contribution < -0.4 is 0 Å². The monoisotopic (exact) mass is 262 g/mol. The first-order valence-corrected chi connectivity index (χ1v) is 5.39. The van der Waals surface area contributed by atoms with Crippen molar-refractivity contribution in [3.63, 3.8) is 0 Å². The second-order valence-electron chi connectivity index (χ2n) is 2.68. The van der Waals surface area contributed by atoms with E-state index in [4.69, 9.17) is 10.5 Å². The number of hydrogen-bond donors (Lipinski definition) is 0. The van der Waals surface area contributed by atoms with Gasteiger partial charge in [-0.15, -0.1) is 11.3 Å². The zero-order valence-corrected chi connectivity index (χ0v) is 9.32. The molecule has 0 N–H and O–H groups in total. The van der Waals surface area contributed by atoms with E-state index in [1.54, 1.807) is 12.1 Å². The Kier molecular flexibility index (Phi) is 2.25. The summed E-state index contributed by atoms with van der Waals surface area (Å²) in [7, 11) is 0. The number of nitriles is 2. The molecule has 0 saturated carbocycles. The molecule has 1 aromatic heterocycles. The van der Waals surface area contributed by atoms with E-state index >= 15 is 0 Å². The van der Waals surface area contributed by atoms with Crippen LogP contribution in [0.15, 0.2) is 22.7 Å². The molecular weight excluding hydrogens is 260 g/mol. The first kappa shape index (κ1) is 9.21. The number of fused-ring (bicyclic) bond motifs is 1. The van der Waals surface area contributed by atoms with Crippen LogP contribution in [0, 0.1) is 22.7 Å². The van der Waals surface area contributed by atoms with Crippen LogP contribution in [0.3, 0.4) is 0 Å². The van der Waals surface area contributed by atoms with E-state index in [9.17, 15) is 0 Å². The third-order valence-electron chi connectivity index (χ3n) is 1.86. The van der Waals surface area contributed by atoms with E-state index in [0.29, 0.717) is 10.4 Å². The molecule has 2 nitrogen and oxygen atoms in total. The van der Waals surface area contributed by atoms with Crippen LogP contribution >= 0.6 is 27.3 Å². The van der Waals surface area contributed by atoms with Crippen molar-refractivity contribution in [2.75, 3.05) is 0 Å². The van der Waals surface area contributed by atoms with Gasteiger partial charge in [-0.2, -0.15) is 10.5 Å². The van der Waals surface area contributed by atoms with E-state index in [0.717, 1.165) is 14.6 Å². The van der Waals surface area contributed by atoms with Gasteiger partial charge in [-0.25, -0.2) is 0 Å². The number of nitrogens with zero attached hydrogens (tertiary/aromatic N) is 2. The van der Waals surface area contributed by atoms with Crippen LogP contribution in [-0.2, 0) is 0 Å². The van der Waals surface area contributed by atoms with Crippen molar-refractivity contribution in [1.82, 2.24) is 0 Å². The molecule has 2 aromatic rings. The molecule has 1 heterocycles. The number of rotatable bonds is 0. The minimum absolute atomic E-state index is 0.612. The Labute approximate surface area is 93.1 Å². The van der Waals surface area contributed by atoms with Gasteiger partial charge in [0.15, 0.2) is 0 Å². The maximum absolute atomic E-state index is 8.81. The van der Waals surface area contributed by atoms with Crippen molar-refractivity contribution < 1.29 is 0 Å². The third kappa shape index (κ3) is 1.29. The first-order chi connectivity index (χ1) is 6.76. The lowest BCUT2D eigenvalue weighted by molar-refractivity contribution is 1.50. The molecule has 14 heavy (non-hydrogen) atoms. The van der Waals surface area contributed by atoms with Gasteiger partial charge in [0.2, 0.25) is 0 Å². The molecule has 0 fully saturated rings. The Morgan fingerprint density at radius 2 is 2.00 bits per heavy atom. The minimum Gasteiger partial charge on any atom is -0.192 e. The molecule has 66 valence electrons. The van der Waals surface area contributed by atoms with Crippen molar-refractivity contribution in [2.24, 2.45) is 0 Å². The molecule has 0 aliphatic rings. The number of hydrogen-bond acceptors (Lipinski definition) is 3. The predicted octanol–water partition coefficient (Wildman–Crippen LogP) is 3.41. The average molecular weight is 263 g/mol. The lowest BCUT2D eigenvalue weighted by atomic mass is 10.2. The molecule has 0 spiro atoms. The van der Waals surface area contributed by atoms with E-state index in [2.05, 4.69) is 28.1 Å². The summed E-state index contributed by atoms with van der Waals surface area (Å²) in [5.41, 5.74) is 0.612. The van der Waals surface area contributed by atoms with E-state index in [-0.39, 0.29) is 0 Å². The van der Waals surface area contributed by atoms with Crippen LogP contribution in [0.25, 0.3) is 10.1 Å². The second kappa shape index (κ2) is 3.42. The summed E-state index contributed by atoms with van der Waals surface area (Å²) in [5, 5.41) is 18.5. The summed E-state index contributed by atoms with van der Waals surface area (Å²) in [6.07, 6.45) is 0. The van der Waals surface area contributed by atoms with Crippen LogP contribution in [0.2, 0.25) is 0 Å². The van der Waals surface area contributed by atoms with Crippen LogP contribution in [0.4, 0.5) is 0 Å². The summed E-state index contributed by atoms with van der Waals surface area (Å²) in [6.45, 7) is 0. The average Bonchev–Trinajstić information content (AvgIpc) is 2.55. The Morgan fingerprint density at radius 1 is 1.21 bits per heavy atom. The second-order valence-corrected chi connectivity index (χ2v) is 4.52. The van der Waals surface area contributed by atoms with Crippen molar-refractivity contribution in [1.29, 1.82) is 10.5 Å². The molecule has 0 bridgehead atoms. The normalized spacial score (nSPS) is 9.64. The molecule has 0 unspecified atom stereocenters. The summed E-state index contributed by atoms with van der Waals surface area (Å²) in [5.74, 6) is 0. The molecule has 0 aliphatic carbocycles. The standard InChI is InChI=1S/C10H3BrN2S/c11-10-7-3-6(4-12)1-2-8(7)14-9(10)5-13/h1-3H. The molecule has 1 aromatic carbocycles.